The van der Waals surface area contributed by atoms with E-state index < -0.39 is 0 Å². The molecule has 4 aromatic rings. The van der Waals surface area contributed by atoms with Crippen molar-refractivity contribution in [1.29, 1.82) is 0 Å². The van der Waals surface area contributed by atoms with E-state index in [4.69, 9.17) is 21.3 Å². The van der Waals surface area contributed by atoms with Gasteiger partial charge in [-0.2, -0.15) is 0 Å². The summed E-state index contributed by atoms with van der Waals surface area (Å²) in [6.45, 7) is 4.89. The maximum Gasteiger partial charge on any atom is 0.119 e. The number of methoxy groups -OCH3 is 1. The largest absolute Gasteiger partial charge is 0.497 e. The summed E-state index contributed by atoms with van der Waals surface area (Å²) in [5.41, 5.74) is 2.90. The zero-order chi connectivity index (χ0) is 20.2. The highest BCUT2D eigenvalue weighted by molar-refractivity contribution is 7.11. The van der Waals surface area contributed by atoms with Gasteiger partial charge in [0.2, 0.25) is 0 Å². The number of ether oxygens (including phenoxy) is 1. The summed E-state index contributed by atoms with van der Waals surface area (Å²) in [5, 5.41) is 9.97. The molecule has 0 aliphatic rings. The number of fused-ring (bicyclic) bond motifs is 2. The van der Waals surface area contributed by atoms with E-state index in [9.17, 15) is 0 Å². The number of nitrogens with one attached hydrogen (secondary N) is 2. The summed E-state index contributed by atoms with van der Waals surface area (Å²) in [4.78, 5) is 7.51. The number of anilines is 1. The molecule has 2 N–H and O–H groups in total. The third kappa shape index (κ3) is 4.64. The number of benzene rings is 2. The smallest absolute Gasteiger partial charge is 0.119 e. The number of nitrogens with zero attached hydrogens (tertiary/aromatic N) is 1. The SMILES string of the molecule is COc1ccc2nc3cc(Cl)ccc3c(NCCCNCc3ccc(C)s3)c2c1. The van der Waals surface area contributed by atoms with Gasteiger partial charge in [-0.25, -0.2) is 4.98 Å². The third-order valence-corrected chi connectivity index (χ3v) is 6.11. The molecule has 0 saturated heterocycles. The van der Waals surface area contributed by atoms with Crippen LogP contribution in [0.25, 0.3) is 21.8 Å². The van der Waals surface area contributed by atoms with E-state index in [1.165, 1.54) is 9.75 Å². The number of hydrogen-bond donors (Lipinski definition) is 2. The maximum atomic E-state index is 6.20. The van der Waals surface area contributed by atoms with Crippen LogP contribution in [0.2, 0.25) is 5.02 Å². The van der Waals surface area contributed by atoms with Crippen molar-refractivity contribution in [3.05, 3.63) is 63.3 Å². The normalized spacial score (nSPS) is 11.3. The van der Waals surface area contributed by atoms with Gasteiger partial charge in [-0.1, -0.05) is 11.6 Å². The molecule has 0 amide bonds. The quantitative estimate of drug-likeness (QED) is 0.268. The van der Waals surface area contributed by atoms with Crippen molar-refractivity contribution in [3.63, 3.8) is 0 Å². The van der Waals surface area contributed by atoms with E-state index in [-0.39, 0.29) is 0 Å². The van der Waals surface area contributed by atoms with Crippen LogP contribution in [0.4, 0.5) is 5.69 Å². The molecule has 29 heavy (non-hydrogen) atoms. The fraction of sp³-hybridized carbons (Fsp3) is 0.261. The van der Waals surface area contributed by atoms with Crippen LogP contribution in [0.5, 0.6) is 5.75 Å². The second-order valence-corrected chi connectivity index (χ2v) is 8.81. The summed E-state index contributed by atoms with van der Waals surface area (Å²) < 4.78 is 5.42. The first-order valence-corrected chi connectivity index (χ1v) is 10.9. The zero-order valence-corrected chi connectivity index (χ0v) is 18.2. The standard InChI is InChI=1S/C23H24ClN3OS/c1-15-4-7-18(29-15)14-25-10-3-11-26-23-19-8-5-16(24)12-22(19)27-21-9-6-17(28-2)13-20(21)23/h4-9,12-13,25H,3,10-11,14H2,1-2H3,(H,26,27). The molecule has 2 aromatic heterocycles. The van der Waals surface area contributed by atoms with Gasteiger partial charge in [0.05, 0.1) is 23.8 Å². The van der Waals surface area contributed by atoms with Crippen molar-refractivity contribution in [2.24, 2.45) is 0 Å². The van der Waals surface area contributed by atoms with Crippen molar-refractivity contribution in [1.82, 2.24) is 10.3 Å². The molecule has 4 rings (SSSR count). The highest BCUT2D eigenvalue weighted by atomic mass is 35.5. The highest BCUT2D eigenvalue weighted by Crippen LogP contribution is 2.34. The van der Waals surface area contributed by atoms with Crippen molar-refractivity contribution >= 4 is 50.4 Å². The Morgan fingerprint density at radius 3 is 2.69 bits per heavy atom. The Balaban J connectivity index is 1.49. The van der Waals surface area contributed by atoms with Crippen LogP contribution in [0.15, 0.2) is 48.5 Å². The Labute approximate surface area is 179 Å². The molecular weight excluding hydrogens is 402 g/mol. The van der Waals surface area contributed by atoms with Crippen LogP contribution in [0, 0.1) is 6.92 Å². The molecule has 0 fully saturated rings. The minimum Gasteiger partial charge on any atom is -0.497 e. The van der Waals surface area contributed by atoms with Gasteiger partial charge in [-0.05, 0) is 68.4 Å². The zero-order valence-electron chi connectivity index (χ0n) is 16.6. The fourth-order valence-electron chi connectivity index (χ4n) is 3.43. The lowest BCUT2D eigenvalue weighted by Gasteiger charge is -2.14. The fourth-order valence-corrected chi connectivity index (χ4v) is 4.46. The Morgan fingerprint density at radius 1 is 1.00 bits per heavy atom. The molecule has 0 bridgehead atoms. The lowest BCUT2D eigenvalue weighted by Crippen LogP contribution is -2.17. The number of thiophene rings is 1. The van der Waals surface area contributed by atoms with Crippen LogP contribution in [-0.2, 0) is 6.54 Å². The van der Waals surface area contributed by atoms with Gasteiger partial charge in [-0.15, -0.1) is 11.3 Å². The van der Waals surface area contributed by atoms with Gasteiger partial charge in [0, 0.05) is 38.6 Å². The molecule has 150 valence electrons. The van der Waals surface area contributed by atoms with E-state index in [1.807, 2.05) is 47.7 Å². The molecule has 0 radical (unpaired) electrons. The van der Waals surface area contributed by atoms with E-state index in [2.05, 4.69) is 29.7 Å². The molecule has 0 saturated carbocycles. The molecule has 0 spiro atoms. The summed E-state index contributed by atoms with van der Waals surface area (Å²) in [7, 11) is 1.68. The molecule has 0 atom stereocenters. The van der Waals surface area contributed by atoms with Crippen molar-refractivity contribution in [2.75, 3.05) is 25.5 Å². The molecule has 2 aromatic carbocycles. The van der Waals surface area contributed by atoms with E-state index in [0.717, 1.165) is 59.3 Å². The maximum absolute atomic E-state index is 6.20. The second-order valence-electron chi connectivity index (χ2n) is 7.00. The number of aromatic nitrogens is 1. The van der Waals surface area contributed by atoms with Gasteiger partial charge in [0.1, 0.15) is 5.75 Å². The average molecular weight is 426 g/mol. The second kappa shape index (κ2) is 8.99. The third-order valence-electron chi connectivity index (χ3n) is 4.87. The monoisotopic (exact) mass is 425 g/mol. The van der Waals surface area contributed by atoms with E-state index >= 15 is 0 Å². The van der Waals surface area contributed by atoms with Crippen molar-refractivity contribution < 1.29 is 4.74 Å². The van der Waals surface area contributed by atoms with Crippen molar-refractivity contribution in [3.8, 4) is 5.75 Å². The van der Waals surface area contributed by atoms with Gasteiger partial charge < -0.3 is 15.4 Å². The Bertz CT molecular complexity index is 1140. The number of pyridine rings is 1. The van der Waals surface area contributed by atoms with Gasteiger partial charge in [-0.3, -0.25) is 0 Å². The molecule has 0 aliphatic heterocycles. The van der Waals surface area contributed by atoms with Crippen molar-refractivity contribution in [2.45, 2.75) is 19.9 Å². The topological polar surface area (TPSA) is 46.2 Å². The Morgan fingerprint density at radius 2 is 1.90 bits per heavy atom. The first-order chi connectivity index (χ1) is 14.1. The number of hydrogen-bond acceptors (Lipinski definition) is 5. The van der Waals surface area contributed by atoms with Crippen LogP contribution >= 0.6 is 22.9 Å². The molecule has 2 heterocycles. The average Bonchev–Trinajstić information content (AvgIpc) is 3.14. The van der Waals surface area contributed by atoms with Crippen LogP contribution in [-0.4, -0.2) is 25.2 Å². The number of aryl methyl sites for hydroxylation is 1. The van der Waals surface area contributed by atoms with Gasteiger partial charge >= 0.3 is 0 Å². The van der Waals surface area contributed by atoms with E-state index in [0.29, 0.717) is 5.02 Å². The first-order valence-electron chi connectivity index (χ1n) is 9.71. The summed E-state index contributed by atoms with van der Waals surface area (Å²) in [6.07, 6.45) is 1.02. The molecular formula is C23H24ClN3OS. The highest BCUT2D eigenvalue weighted by Gasteiger charge is 2.10. The molecule has 6 heteroatoms. The lowest BCUT2D eigenvalue weighted by molar-refractivity contribution is 0.415. The van der Waals surface area contributed by atoms with Crippen LogP contribution in [0.1, 0.15) is 16.2 Å². The predicted molar refractivity (Wildman–Crippen MR) is 125 cm³/mol. The van der Waals surface area contributed by atoms with Crippen LogP contribution < -0.4 is 15.4 Å². The van der Waals surface area contributed by atoms with Gasteiger partial charge in [0.25, 0.3) is 0 Å². The van der Waals surface area contributed by atoms with Crippen LogP contribution in [0.3, 0.4) is 0 Å². The minimum atomic E-state index is 0.692. The first kappa shape index (κ1) is 20.0. The Hall–Kier alpha value is -2.34. The summed E-state index contributed by atoms with van der Waals surface area (Å²) in [6, 6.07) is 16.2. The Kier molecular flexibility index (Phi) is 6.19. The molecule has 0 unspecified atom stereocenters. The number of halogens is 1. The van der Waals surface area contributed by atoms with E-state index in [1.54, 1.807) is 7.11 Å². The molecule has 0 aliphatic carbocycles. The predicted octanol–water partition coefficient (Wildman–Crippen LogP) is 6.01. The number of rotatable bonds is 8. The van der Waals surface area contributed by atoms with Gasteiger partial charge in [0.15, 0.2) is 0 Å². The molecule has 4 nitrogen and oxygen atoms in total. The minimum absolute atomic E-state index is 0.692. The summed E-state index contributed by atoms with van der Waals surface area (Å²) in [5.74, 6) is 0.823. The lowest BCUT2D eigenvalue weighted by atomic mass is 10.1. The summed E-state index contributed by atoms with van der Waals surface area (Å²) >= 11 is 8.04.